The maximum atomic E-state index is 11.7. The van der Waals surface area contributed by atoms with Gasteiger partial charge in [-0.1, -0.05) is 33.0 Å². The van der Waals surface area contributed by atoms with Gasteiger partial charge in [0.15, 0.2) is 0 Å². The lowest BCUT2D eigenvalue weighted by atomic mass is 10.3. The number of carbonyl (C=O) groups is 1. The largest absolute Gasteiger partial charge is 0.450 e. The monoisotopic (exact) mass is 229 g/mol. The normalized spacial score (nSPS) is 22.8. The van der Waals surface area contributed by atoms with Crippen LogP contribution in [0.2, 0.25) is 19.6 Å². The van der Waals surface area contributed by atoms with Crippen molar-refractivity contribution in [2.24, 2.45) is 0 Å². The van der Waals surface area contributed by atoms with Crippen molar-refractivity contribution in [2.75, 3.05) is 13.1 Å². The zero-order chi connectivity index (χ0) is 11.5. The summed E-state index contributed by atoms with van der Waals surface area (Å²) in [7, 11) is -1.33. The standard InChI is InChI=1S/C11H23NO2Si/c1-5-6-8-12-9-7-10(14-11(12)13)15(2,3)4/h10H,5-9H2,1-4H3. The molecule has 0 aromatic rings. The van der Waals surface area contributed by atoms with E-state index in [1.807, 2.05) is 4.90 Å². The molecule has 1 amide bonds. The first-order chi connectivity index (χ1) is 6.95. The Hall–Kier alpha value is -0.513. The number of unbranched alkanes of at least 4 members (excludes halogenated alkanes) is 1. The Bertz CT molecular complexity index is 225. The van der Waals surface area contributed by atoms with Crippen LogP contribution in [-0.2, 0) is 4.74 Å². The molecule has 1 aliphatic rings. The van der Waals surface area contributed by atoms with Crippen LogP contribution in [0.15, 0.2) is 0 Å². The van der Waals surface area contributed by atoms with Crippen molar-refractivity contribution in [1.82, 2.24) is 4.90 Å². The molecule has 0 aromatic heterocycles. The lowest BCUT2D eigenvalue weighted by Gasteiger charge is -2.37. The van der Waals surface area contributed by atoms with Crippen molar-refractivity contribution in [3.63, 3.8) is 0 Å². The third-order valence-corrected chi connectivity index (χ3v) is 5.25. The third kappa shape index (κ3) is 3.52. The van der Waals surface area contributed by atoms with Crippen LogP contribution < -0.4 is 0 Å². The van der Waals surface area contributed by atoms with E-state index in [2.05, 4.69) is 26.6 Å². The Balaban J connectivity index is 2.45. The zero-order valence-electron chi connectivity index (χ0n) is 10.4. The highest BCUT2D eigenvalue weighted by molar-refractivity contribution is 6.77. The number of rotatable bonds is 4. The summed E-state index contributed by atoms with van der Waals surface area (Å²) in [6.07, 6.45) is 3.13. The maximum Gasteiger partial charge on any atom is 0.409 e. The fraction of sp³-hybridized carbons (Fsp3) is 0.909. The van der Waals surface area contributed by atoms with Gasteiger partial charge in [-0.25, -0.2) is 4.79 Å². The first-order valence-electron chi connectivity index (χ1n) is 5.90. The molecule has 15 heavy (non-hydrogen) atoms. The molecule has 0 N–H and O–H groups in total. The van der Waals surface area contributed by atoms with Crippen molar-refractivity contribution in [2.45, 2.75) is 51.6 Å². The Morgan fingerprint density at radius 3 is 2.60 bits per heavy atom. The Morgan fingerprint density at radius 2 is 2.13 bits per heavy atom. The van der Waals surface area contributed by atoms with E-state index in [1.165, 1.54) is 0 Å². The average molecular weight is 229 g/mol. The number of hydrogen-bond donors (Lipinski definition) is 0. The first kappa shape index (κ1) is 12.6. The predicted molar refractivity (Wildman–Crippen MR) is 64.7 cm³/mol. The number of amides is 1. The third-order valence-electron chi connectivity index (χ3n) is 2.91. The summed E-state index contributed by atoms with van der Waals surface area (Å²) in [5, 5.41) is 0. The lowest BCUT2D eigenvalue weighted by molar-refractivity contribution is 0.0525. The molecular formula is C11H23NO2Si. The van der Waals surface area contributed by atoms with Gasteiger partial charge in [0.2, 0.25) is 0 Å². The molecule has 1 aliphatic heterocycles. The van der Waals surface area contributed by atoms with Crippen LogP contribution in [0, 0.1) is 0 Å². The van der Waals surface area contributed by atoms with Crippen LogP contribution in [0.4, 0.5) is 4.79 Å². The highest BCUT2D eigenvalue weighted by Crippen LogP contribution is 2.21. The molecule has 0 bridgehead atoms. The number of ether oxygens (including phenoxy) is 1. The van der Waals surface area contributed by atoms with Gasteiger partial charge in [-0.2, -0.15) is 0 Å². The number of cyclic esters (lactones) is 1. The molecule has 1 saturated heterocycles. The number of nitrogens with zero attached hydrogens (tertiary/aromatic N) is 1. The Morgan fingerprint density at radius 1 is 1.47 bits per heavy atom. The number of carbonyl (C=O) groups excluding carboxylic acids is 1. The van der Waals surface area contributed by atoms with Crippen molar-refractivity contribution in [1.29, 1.82) is 0 Å². The minimum Gasteiger partial charge on any atom is -0.450 e. The Kier molecular flexibility index (Phi) is 4.19. The molecule has 1 heterocycles. The smallest absolute Gasteiger partial charge is 0.409 e. The molecule has 88 valence electrons. The van der Waals surface area contributed by atoms with E-state index in [9.17, 15) is 4.79 Å². The molecule has 1 rings (SSSR count). The molecule has 1 atom stereocenters. The average Bonchev–Trinajstić information content (AvgIpc) is 2.14. The second kappa shape index (κ2) is 5.01. The highest BCUT2D eigenvalue weighted by Gasteiger charge is 2.35. The summed E-state index contributed by atoms with van der Waals surface area (Å²) in [5.41, 5.74) is 0.211. The molecule has 1 unspecified atom stereocenters. The van der Waals surface area contributed by atoms with E-state index < -0.39 is 8.07 Å². The molecule has 3 nitrogen and oxygen atoms in total. The second-order valence-corrected chi connectivity index (χ2v) is 10.7. The fourth-order valence-electron chi connectivity index (χ4n) is 1.78. The summed E-state index contributed by atoms with van der Waals surface area (Å²) in [6, 6.07) is 0. The first-order valence-corrected chi connectivity index (χ1v) is 9.48. The SMILES string of the molecule is CCCCN1CCC([Si](C)(C)C)OC1=O. The zero-order valence-corrected chi connectivity index (χ0v) is 11.4. The van der Waals surface area contributed by atoms with Crippen LogP contribution in [0.25, 0.3) is 0 Å². The predicted octanol–water partition coefficient (Wildman–Crippen LogP) is 2.87. The van der Waals surface area contributed by atoms with E-state index >= 15 is 0 Å². The van der Waals surface area contributed by atoms with Crippen LogP contribution in [0.5, 0.6) is 0 Å². The van der Waals surface area contributed by atoms with Crippen LogP contribution in [0.3, 0.4) is 0 Å². The molecule has 0 aromatic carbocycles. The number of hydrogen-bond acceptors (Lipinski definition) is 2. The summed E-state index contributed by atoms with van der Waals surface area (Å²) < 4.78 is 5.51. The minimum atomic E-state index is -1.33. The summed E-state index contributed by atoms with van der Waals surface area (Å²) in [6.45, 7) is 10.6. The van der Waals surface area contributed by atoms with Crippen molar-refractivity contribution in [3.8, 4) is 0 Å². The maximum absolute atomic E-state index is 11.7. The van der Waals surface area contributed by atoms with E-state index in [-0.39, 0.29) is 11.8 Å². The Labute approximate surface area is 93.8 Å². The second-order valence-electron chi connectivity index (χ2n) is 5.37. The quantitative estimate of drug-likeness (QED) is 0.694. The van der Waals surface area contributed by atoms with Gasteiger partial charge in [-0.15, -0.1) is 0 Å². The van der Waals surface area contributed by atoms with E-state index in [0.717, 1.165) is 32.4 Å². The molecule has 4 heteroatoms. The lowest BCUT2D eigenvalue weighted by Crippen LogP contribution is -2.51. The van der Waals surface area contributed by atoms with Gasteiger partial charge in [0.05, 0.1) is 13.8 Å². The van der Waals surface area contributed by atoms with Gasteiger partial charge in [-0.3, -0.25) is 0 Å². The van der Waals surface area contributed by atoms with Crippen LogP contribution in [-0.4, -0.2) is 37.9 Å². The van der Waals surface area contributed by atoms with Gasteiger partial charge < -0.3 is 9.64 Å². The van der Waals surface area contributed by atoms with Gasteiger partial charge in [-0.05, 0) is 12.8 Å². The van der Waals surface area contributed by atoms with E-state index in [4.69, 9.17) is 4.74 Å². The molecule has 1 fully saturated rings. The van der Waals surface area contributed by atoms with E-state index in [1.54, 1.807) is 0 Å². The van der Waals surface area contributed by atoms with Gasteiger partial charge >= 0.3 is 6.09 Å². The molecule has 0 saturated carbocycles. The van der Waals surface area contributed by atoms with Crippen LogP contribution >= 0.6 is 0 Å². The molecule has 0 spiro atoms. The highest BCUT2D eigenvalue weighted by atomic mass is 28.3. The molecule has 0 radical (unpaired) electrons. The van der Waals surface area contributed by atoms with Crippen molar-refractivity contribution in [3.05, 3.63) is 0 Å². The van der Waals surface area contributed by atoms with Gasteiger partial charge in [0.1, 0.15) is 0 Å². The summed E-state index contributed by atoms with van der Waals surface area (Å²) in [5.74, 6) is 0. The van der Waals surface area contributed by atoms with Crippen LogP contribution in [0.1, 0.15) is 26.2 Å². The van der Waals surface area contributed by atoms with Crippen molar-refractivity contribution >= 4 is 14.2 Å². The topological polar surface area (TPSA) is 29.5 Å². The van der Waals surface area contributed by atoms with Crippen molar-refractivity contribution < 1.29 is 9.53 Å². The summed E-state index contributed by atoms with van der Waals surface area (Å²) in [4.78, 5) is 13.5. The van der Waals surface area contributed by atoms with Gasteiger partial charge in [0.25, 0.3) is 0 Å². The molecule has 0 aliphatic carbocycles. The minimum absolute atomic E-state index is 0.0953. The molecular weight excluding hydrogens is 206 g/mol. The van der Waals surface area contributed by atoms with Gasteiger partial charge in [0, 0.05) is 13.1 Å². The summed E-state index contributed by atoms with van der Waals surface area (Å²) >= 11 is 0. The fourth-order valence-corrected chi connectivity index (χ4v) is 3.23. The van der Waals surface area contributed by atoms with E-state index in [0.29, 0.717) is 0 Å².